The molecule has 136 valence electrons. The molecule has 25 heavy (non-hydrogen) atoms. The number of benzene rings is 1. The summed E-state index contributed by atoms with van der Waals surface area (Å²) in [6.45, 7) is 8.88. The molecule has 1 aromatic carbocycles. The minimum Gasteiger partial charge on any atom is -0.494 e. The van der Waals surface area contributed by atoms with E-state index in [1.807, 2.05) is 38.1 Å². The van der Waals surface area contributed by atoms with Crippen molar-refractivity contribution >= 4 is 17.3 Å². The van der Waals surface area contributed by atoms with Crippen molar-refractivity contribution in [3.05, 3.63) is 29.8 Å². The highest BCUT2D eigenvalue weighted by molar-refractivity contribution is 6.08. The Labute approximate surface area is 150 Å². The summed E-state index contributed by atoms with van der Waals surface area (Å²) in [5.74, 6) is 1.13. The number of carbonyl (C=O) groups excluding carboxylic acids is 1. The van der Waals surface area contributed by atoms with E-state index in [-0.39, 0.29) is 11.3 Å². The molecule has 1 aliphatic rings. The summed E-state index contributed by atoms with van der Waals surface area (Å²) < 4.78 is 5.77. The number of ether oxygens (including phenoxy) is 1. The predicted octanol–water partition coefficient (Wildman–Crippen LogP) is 4.16. The Balaban J connectivity index is 1.88. The molecule has 1 aromatic rings. The summed E-state index contributed by atoms with van der Waals surface area (Å²) in [4.78, 5) is 11.5. The Morgan fingerprint density at radius 2 is 2.04 bits per heavy atom. The summed E-state index contributed by atoms with van der Waals surface area (Å²) in [5, 5.41) is 12.2. The molecule has 1 heterocycles. The van der Waals surface area contributed by atoms with Crippen LogP contribution in [0.25, 0.3) is 0 Å². The standard InChI is InChI=1S/C20H29N3O2/c1-5-14(2)17(21)7-6-12-25-16-10-8-15(9-11-16)19-20(3,4)13-18(24)22-23-19/h8-11,14,21H,5-7,12-13H2,1-4H3,(H,22,24)/t14-/m1/s1. The molecular formula is C20H29N3O2. The maximum absolute atomic E-state index is 11.5. The average Bonchev–Trinajstić information content (AvgIpc) is 2.57. The van der Waals surface area contributed by atoms with Crippen LogP contribution in [-0.2, 0) is 4.79 Å². The van der Waals surface area contributed by atoms with E-state index in [1.54, 1.807) is 0 Å². The Hall–Kier alpha value is -2.17. The number of hydrogen-bond donors (Lipinski definition) is 2. The molecule has 0 saturated carbocycles. The summed E-state index contributed by atoms with van der Waals surface area (Å²) in [5.41, 5.74) is 4.98. The van der Waals surface area contributed by atoms with E-state index in [1.165, 1.54) is 0 Å². The lowest BCUT2D eigenvalue weighted by Crippen LogP contribution is -2.39. The van der Waals surface area contributed by atoms with Crippen LogP contribution >= 0.6 is 0 Å². The fourth-order valence-corrected chi connectivity index (χ4v) is 2.90. The Morgan fingerprint density at radius 3 is 2.64 bits per heavy atom. The molecule has 0 spiro atoms. The van der Waals surface area contributed by atoms with Crippen molar-refractivity contribution in [2.24, 2.45) is 16.4 Å². The van der Waals surface area contributed by atoms with Crippen molar-refractivity contribution in [2.75, 3.05) is 6.61 Å². The largest absolute Gasteiger partial charge is 0.494 e. The van der Waals surface area contributed by atoms with Gasteiger partial charge in [-0.1, -0.05) is 27.7 Å². The monoisotopic (exact) mass is 343 g/mol. The quantitative estimate of drug-likeness (QED) is 0.549. The van der Waals surface area contributed by atoms with E-state index in [0.717, 1.165) is 42.0 Å². The van der Waals surface area contributed by atoms with Gasteiger partial charge < -0.3 is 10.1 Å². The van der Waals surface area contributed by atoms with E-state index < -0.39 is 0 Å². The highest BCUT2D eigenvalue weighted by Gasteiger charge is 2.32. The molecule has 0 unspecified atom stereocenters. The van der Waals surface area contributed by atoms with Crippen LogP contribution in [0.15, 0.2) is 29.4 Å². The topological polar surface area (TPSA) is 74.5 Å². The number of hydrazone groups is 1. The number of nitrogens with one attached hydrogen (secondary N) is 2. The van der Waals surface area contributed by atoms with Gasteiger partial charge in [0.1, 0.15) is 5.75 Å². The number of hydrogen-bond acceptors (Lipinski definition) is 4. The molecule has 0 aliphatic carbocycles. The highest BCUT2D eigenvalue weighted by atomic mass is 16.5. The molecule has 0 radical (unpaired) electrons. The van der Waals surface area contributed by atoms with Crippen LogP contribution in [0.5, 0.6) is 5.75 Å². The Bertz CT molecular complexity index is 647. The zero-order valence-corrected chi connectivity index (χ0v) is 15.7. The number of amides is 1. The molecule has 1 aliphatic heterocycles. The average molecular weight is 343 g/mol. The lowest BCUT2D eigenvalue weighted by atomic mass is 9.79. The fraction of sp³-hybridized carbons (Fsp3) is 0.550. The van der Waals surface area contributed by atoms with Crippen molar-refractivity contribution in [1.29, 1.82) is 5.41 Å². The molecule has 0 saturated heterocycles. The third kappa shape index (κ3) is 5.15. The zero-order valence-electron chi connectivity index (χ0n) is 15.7. The van der Waals surface area contributed by atoms with Gasteiger partial charge >= 0.3 is 0 Å². The van der Waals surface area contributed by atoms with E-state index in [0.29, 0.717) is 18.9 Å². The van der Waals surface area contributed by atoms with Gasteiger partial charge in [0, 0.05) is 17.5 Å². The van der Waals surface area contributed by atoms with Gasteiger partial charge in [-0.15, -0.1) is 0 Å². The minimum atomic E-state index is -0.277. The van der Waals surface area contributed by atoms with Crippen LogP contribution in [0.4, 0.5) is 0 Å². The maximum Gasteiger partial charge on any atom is 0.241 e. The molecule has 0 bridgehead atoms. The van der Waals surface area contributed by atoms with Crippen molar-refractivity contribution in [1.82, 2.24) is 5.43 Å². The minimum absolute atomic E-state index is 0.0448. The number of nitrogens with zero attached hydrogens (tertiary/aromatic N) is 1. The second kappa shape index (κ2) is 8.28. The first-order valence-electron chi connectivity index (χ1n) is 9.01. The fourth-order valence-electron chi connectivity index (χ4n) is 2.90. The second-order valence-electron chi connectivity index (χ2n) is 7.37. The summed E-state index contributed by atoms with van der Waals surface area (Å²) in [7, 11) is 0. The highest BCUT2D eigenvalue weighted by Crippen LogP contribution is 2.29. The van der Waals surface area contributed by atoms with Crippen LogP contribution < -0.4 is 10.2 Å². The van der Waals surface area contributed by atoms with Crippen molar-refractivity contribution in [3.63, 3.8) is 0 Å². The normalized spacial score (nSPS) is 17.4. The SMILES string of the molecule is CC[C@@H](C)C(=N)CCCOc1ccc(C2=NNC(=O)CC2(C)C)cc1. The van der Waals surface area contributed by atoms with Crippen molar-refractivity contribution < 1.29 is 9.53 Å². The molecule has 1 atom stereocenters. The summed E-state index contributed by atoms with van der Waals surface area (Å²) in [6, 6.07) is 7.83. The van der Waals surface area contributed by atoms with Crippen molar-refractivity contribution in [2.45, 2.75) is 53.4 Å². The van der Waals surface area contributed by atoms with Gasteiger partial charge in [-0.05, 0) is 55.0 Å². The first-order chi connectivity index (χ1) is 11.8. The van der Waals surface area contributed by atoms with Gasteiger partial charge in [0.05, 0.1) is 12.3 Å². The first kappa shape index (κ1) is 19.2. The molecular weight excluding hydrogens is 314 g/mol. The zero-order chi connectivity index (χ0) is 18.4. The lowest BCUT2D eigenvalue weighted by Gasteiger charge is -2.29. The van der Waals surface area contributed by atoms with Gasteiger partial charge in [0.2, 0.25) is 5.91 Å². The number of carbonyl (C=O) groups is 1. The van der Waals surface area contributed by atoms with Gasteiger partial charge in [0.15, 0.2) is 0 Å². The lowest BCUT2D eigenvalue weighted by molar-refractivity contribution is -0.122. The van der Waals surface area contributed by atoms with Gasteiger partial charge in [0.25, 0.3) is 0 Å². The van der Waals surface area contributed by atoms with Crippen LogP contribution in [0.1, 0.15) is 58.9 Å². The van der Waals surface area contributed by atoms with E-state index in [4.69, 9.17) is 10.1 Å². The van der Waals surface area contributed by atoms with Crippen LogP contribution in [0, 0.1) is 16.7 Å². The summed E-state index contributed by atoms with van der Waals surface area (Å²) in [6.07, 6.45) is 3.10. The molecule has 2 N–H and O–H groups in total. The smallest absolute Gasteiger partial charge is 0.241 e. The van der Waals surface area contributed by atoms with Crippen LogP contribution in [0.2, 0.25) is 0 Å². The molecule has 5 nitrogen and oxygen atoms in total. The third-order valence-electron chi connectivity index (χ3n) is 4.73. The van der Waals surface area contributed by atoms with Gasteiger partial charge in [-0.2, -0.15) is 5.10 Å². The molecule has 1 amide bonds. The molecule has 0 fully saturated rings. The summed E-state index contributed by atoms with van der Waals surface area (Å²) >= 11 is 0. The second-order valence-corrected chi connectivity index (χ2v) is 7.37. The first-order valence-corrected chi connectivity index (χ1v) is 9.01. The van der Waals surface area contributed by atoms with Gasteiger partial charge in [-0.25, -0.2) is 5.43 Å². The molecule has 0 aromatic heterocycles. The van der Waals surface area contributed by atoms with E-state index in [2.05, 4.69) is 24.4 Å². The number of rotatable bonds is 8. The third-order valence-corrected chi connectivity index (χ3v) is 4.73. The van der Waals surface area contributed by atoms with E-state index >= 15 is 0 Å². The molecule has 5 heteroatoms. The maximum atomic E-state index is 11.5. The van der Waals surface area contributed by atoms with Gasteiger partial charge in [-0.3, -0.25) is 4.79 Å². The van der Waals surface area contributed by atoms with E-state index in [9.17, 15) is 4.79 Å². The predicted molar refractivity (Wildman–Crippen MR) is 101 cm³/mol. The van der Waals surface area contributed by atoms with Crippen molar-refractivity contribution in [3.8, 4) is 5.75 Å². The molecule has 2 rings (SSSR count). The van der Waals surface area contributed by atoms with Crippen LogP contribution in [0.3, 0.4) is 0 Å². The Kier molecular flexibility index (Phi) is 6.34. The van der Waals surface area contributed by atoms with Crippen LogP contribution in [-0.4, -0.2) is 23.9 Å². The Morgan fingerprint density at radius 1 is 1.36 bits per heavy atom.